The number of ether oxygens (including phenoxy) is 2. The van der Waals surface area contributed by atoms with Crippen LogP contribution in [0.5, 0.6) is 0 Å². The van der Waals surface area contributed by atoms with E-state index in [1.54, 1.807) is 0 Å². The van der Waals surface area contributed by atoms with Crippen LogP contribution in [0.25, 0.3) is 0 Å². The van der Waals surface area contributed by atoms with Gasteiger partial charge in [0.05, 0.1) is 26.2 Å². The lowest BCUT2D eigenvalue weighted by Gasteiger charge is -2.62. The largest absolute Gasteiger partial charge is 1.00 e. The van der Waals surface area contributed by atoms with Gasteiger partial charge in [0.1, 0.15) is 12.1 Å². The van der Waals surface area contributed by atoms with Gasteiger partial charge in [-0.2, -0.15) is 0 Å². The van der Waals surface area contributed by atoms with E-state index >= 15 is 0 Å². The number of quaternary nitrogens is 1. The molecule has 5 heteroatoms. The van der Waals surface area contributed by atoms with E-state index in [9.17, 15) is 0 Å². The smallest absolute Gasteiger partial charge is 0.116 e. The molecular weight excluding hydrogens is 596 g/mol. The lowest BCUT2D eigenvalue weighted by atomic mass is 9.44. The second-order valence-electron chi connectivity index (χ2n) is 18.0. The van der Waals surface area contributed by atoms with Crippen LogP contribution in [0.2, 0.25) is 0 Å². The van der Waals surface area contributed by atoms with Crippen molar-refractivity contribution in [3.63, 3.8) is 0 Å². The third-order valence-corrected chi connectivity index (χ3v) is 14.3. The number of hydrogen-bond acceptors (Lipinski definition) is 3. The van der Waals surface area contributed by atoms with Crippen LogP contribution in [0.3, 0.4) is 0 Å². The molecule has 6 fully saturated rings. The van der Waals surface area contributed by atoms with Crippen molar-refractivity contribution >= 4 is 0 Å². The Morgan fingerprint density at radius 1 is 0.767 bits per heavy atom. The summed E-state index contributed by atoms with van der Waals surface area (Å²) in [6.45, 7) is 22.0. The standard InChI is InChI=1S/C38H69N2O2.BrH/c1-27(2)25-41-35-22-29-14-15-30-31(38(29,6)24-33(35)39-18-10-8-11-19-39)16-17-37(5)32(30)23-34(36(37)42-26-28(3)4)40(7)20-12-9-13-21-40;/h27-36H,8-26H2,1-7H3;1H/q+1;/p-1/t29?,30-,31-,32+,33?,34?,35?,36?,37+,38+;/m1./s1. The van der Waals surface area contributed by atoms with Crippen LogP contribution in [0.1, 0.15) is 125 Å². The highest BCUT2D eigenvalue weighted by Gasteiger charge is 2.66. The van der Waals surface area contributed by atoms with E-state index in [1.165, 1.54) is 114 Å². The van der Waals surface area contributed by atoms with Gasteiger partial charge in [-0.3, -0.25) is 4.90 Å². The minimum atomic E-state index is 0. The number of fused-ring (bicyclic) bond motifs is 5. The van der Waals surface area contributed by atoms with Gasteiger partial charge >= 0.3 is 0 Å². The molecule has 2 saturated heterocycles. The summed E-state index contributed by atoms with van der Waals surface area (Å²) in [5.41, 5.74) is 0.826. The molecule has 43 heavy (non-hydrogen) atoms. The van der Waals surface area contributed by atoms with E-state index in [4.69, 9.17) is 9.47 Å². The summed E-state index contributed by atoms with van der Waals surface area (Å²) in [5.74, 6) is 4.72. The first kappa shape index (κ1) is 34.6. The Labute approximate surface area is 277 Å². The Bertz CT molecular complexity index is 900. The summed E-state index contributed by atoms with van der Waals surface area (Å²) in [6.07, 6.45) is 19.2. The van der Waals surface area contributed by atoms with E-state index in [-0.39, 0.29) is 17.0 Å². The first-order valence-corrected chi connectivity index (χ1v) is 18.9. The fraction of sp³-hybridized carbons (Fsp3) is 1.00. The van der Waals surface area contributed by atoms with Gasteiger partial charge < -0.3 is 30.9 Å². The maximum absolute atomic E-state index is 7.10. The summed E-state index contributed by atoms with van der Waals surface area (Å²) in [6, 6.07) is 1.33. The Kier molecular flexibility index (Phi) is 11.1. The van der Waals surface area contributed by atoms with Crippen molar-refractivity contribution in [2.75, 3.05) is 46.4 Å². The Hall–Kier alpha value is 0.320. The van der Waals surface area contributed by atoms with E-state index in [0.29, 0.717) is 47.0 Å². The van der Waals surface area contributed by atoms with Crippen molar-refractivity contribution in [1.82, 2.24) is 4.90 Å². The van der Waals surface area contributed by atoms with Gasteiger partial charge in [-0.05, 0) is 125 Å². The molecule has 4 aliphatic carbocycles. The highest BCUT2D eigenvalue weighted by molar-refractivity contribution is 5.13. The summed E-state index contributed by atoms with van der Waals surface area (Å²) in [4.78, 5) is 2.90. The van der Waals surface area contributed by atoms with Gasteiger partial charge in [0, 0.05) is 31.1 Å². The van der Waals surface area contributed by atoms with E-state index in [2.05, 4.69) is 53.5 Å². The number of likely N-dealkylation sites (N-methyl/N-ethyl adjacent to an activating group) is 1. The minimum absolute atomic E-state index is 0. The summed E-state index contributed by atoms with van der Waals surface area (Å²) < 4.78 is 15.2. The molecule has 2 heterocycles. The Morgan fingerprint density at radius 3 is 2.09 bits per heavy atom. The third-order valence-electron chi connectivity index (χ3n) is 14.3. The maximum atomic E-state index is 7.10. The first-order chi connectivity index (χ1) is 20.0. The van der Waals surface area contributed by atoms with Gasteiger partial charge in [0.2, 0.25) is 0 Å². The molecule has 4 nitrogen and oxygen atoms in total. The SMILES string of the molecule is CC(C)COC1CC2CC[C@@H]3[C@@H](CC[C@]4(C)C(OCC(C)C)C([N+]5(C)CCCCC5)C[C@@H]34)[C@@]2(C)CC1N1CCCCC1.[Br-]. The highest BCUT2D eigenvalue weighted by Crippen LogP contribution is 2.67. The van der Waals surface area contributed by atoms with Gasteiger partial charge in [0.25, 0.3) is 0 Å². The van der Waals surface area contributed by atoms with E-state index in [0.717, 1.165) is 36.9 Å². The third kappa shape index (κ3) is 6.57. The van der Waals surface area contributed by atoms with Crippen molar-refractivity contribution in [2.45, 2.75) is 149 Å². The zero-order valence-corrected chi connectivity index (χ0v) is 30.9. The fourth-order valence-corrected chi connectivity index (χ4v) is 12.1. The lowest BCUT2D eigenvalue weighted by Crippen LogP contribution is -3.00. The second kappa shape index (κ2) is 13.8. The molecule has 0 aromatic heterocycles. The predicted molar refractivity (Wildman–Crippen MR) is 174 cm³/mol. The Morgan fingerprint density at radius 2 is 1.42 bits per heavy atom. The van der Waals surface area contributed by atoms with Crippen molar-refractivity contribution in [3.05, 3.63) is 0 Å². The first-order valence-electron chi connectivity index (χ1n) is 18.9. The molecule has 6 aliphatic rings. The number of nitrogens with zero attached hydrogens (tertiary/aromatic N) is 2. The molecule has 2 aliphatic heterocycles. The normalized spacial score (nSPS) is 44.9. The summed E-state index contributed by atoms with van der Waals surface area (Å²) >= 11 is 0. The lowest BCUT2D eigenvalue weighted by molar-refractivity contribution is -0.940. The number of piperidine rings is 2. The molecule has 4 saturated carbocycles. The molecule has 0 N–H and O–H groups in total. The van der Waals surface area contributed by atoms with Crippen LogP contribution in [-0.4, -0.2) is 80.1 Å². The number of likely N-dealkylation sites (tertiary alicyclic amines) is 2. The van der Waals surface area contributed by atoms with E-state index in [1.807, 2.05) is 0 Å². The molecule has 10 atom stereocenters. The van der Waals surface area contributed by atoms with Gasteiger partial charge in [0.15, 0.2) is 0 Å². The molecular formula is C38H69BrN2O2. The van der Waals surface area contributed by atoms with Crippen LogP contribution in [0, 0.1) is 46.3 Å². The molecule has 250 valence electrons. The van der Waals surface area contributed by atoms with Crippen molar-refractivity contribution in [2.24, 2.45) is 46.3 Å². The van der Waals surface area contributed by atoms with Gasteiger partial charge in [-0.15, -0.1) is 0 Å². The van der Waals surface area contributed by atoms with E-state index < -0.39 is 0 Å². The molecule has 5 unspecified atom stereocenters. The van der Waals surface area contributed by atoms with Crippen molar-refractivity contribution < 1.29 is 30.9 Å². The van der Waals surface area contributed by atoms with Crippen LogP contribution in [0.15, 0.2) is 0 Å². The second-order valence-corrected chi connectivity index (χ2v) is 18.0. The predicted octanol–water partition coefficient (Wildman–Crippen LogP) is 5.19. The summed E-state index contributed by atoms with van der Waals surface area (Å²) in [5, 5.41) is 0. The van der Waals surface area contributed by atoms with Crippen LogP contribution in [-0.2, 0) is 9.47 Å². The zero-order valence-electron chi connectivity index (χ0n) is 29.3. The average Bonchev–Trinajstić information content (AvgIpc) is 3.28. The molecule has 0 radical (unpaired) electrons. The zero-order chi connectivity index (χ0) is 29.7. The maximum Gasteiger partial charge on any atom is 0.116 e. The van der Waals surface area contributed by atoms with Crippen LogP contribution < -0.4 is 17.0 Å². The number of hydrogen-bond donors (Lipinski definition) is 0. The van der Waals surface area contributed by atoms with Crippen molar-refractivity contribution in [3.8, 4) is 0 Å². The molecule has 0 aromatic carbocycles. The van der Waals surface area contributed by atoms with Crippen molar-refractivity contribution in [1.29, 1.82) is 0 Å². The monoisotopic (exact) mass is 664 g/mol. The number of halogens is 1. The molecule has 0 amide bonds. The van der Waals surface area contributed by atoms with Crippen LogP contribution >= 0.6 is 0 Å². The van der Waals surface area contributed by atoms with Crippen LogP contribution in [0.4, 0.5) is 0 Å². The van der Waals surface area contributed by atoms with Gasteiger partial charge in [-0.25, -0.2) is 0 Å². The molecule has 0 bridgehead atoms. The molecule has 6 rings (SSSR count). The molecule has 0 spiro atoms. The number of rotatable bonds is 8. The Balaban J connectivity index is 0.00000368. The summed E-state index contributed by atoms with van der Waals surface area (Å²) in [7, 11) is 2.62. The molecule has 0 aromatic rings. The topological polar surface area (TPSA) is 21.7 Å². The highest BCUT2D eigenvalue weighted by atomic mass is 79.9. The minimum Gasteiger partial charge on any atom is -1.00 e. The quantitative estimate of drug-likeness (QED) is 0.334. The van der Waals surface area contributed by atoms with Gasteiger partial charge in [-0.1, -0.05) is 48.0 Å². The average molecular weight is 666 g/mol. The fourth-order valence-electron chi connectivity index (χ4n) is 12.1.